The van der Waals surface area contributed by atoms with Crippen LogP contribution in [0.15, 0.2) is 24.4 Å². The average Bonchev–Trinajstić information content (AvgIpc) is 2.25. The Morgan fingerprint density at radius 1 is 1.35 bits per heavy atom. The van der Waals surface area contributed by atoms with Crippen molar-refractivity contribution < 1.29 is 4.43 Å². The van der Waals surface area contributed by atoms with E-state index in [0.29, 0.717) is 5.69 Å². The van der Waals surface area contributed by atoms with E-state index in [0.717, 1.165) is 0 Å². The summed E-state index contributed by atoms with van der Waals surface area (Å²) in [4.78, 5) is 6.03. The fourth-order valence-electron chi connectivity index (χ4n) is 1.56. The first-order valence-electron chi connectivity index (χ1n) is 5.52. The molecule has 0 aliphatic heterocycles. The van der Waals surface area contributed by atoms with Crippen molar-refractivity contribution in [1.82, 2.24) is 9.88 Å². The molecule has 0 saturated carbocycles. The second-order valence-electron chi connectivity index (χ2n) is 5.08. The Labute approximate surface area is 104 Å². The predicted molar refractivity (Wildman–Crippen MR) is 69.6 cm³/mol. The summed E-state index contributed by atoms with van der Waals surface area (Å²) in [5.41, 5.74) is -0.457. The van der Waals surface area contributed by atoms with Crippen LogP contribution in [0.4, 0.5) is 0 Å². The Balaban J connectivity index is 3.25. The van der Waals surface area contributed by atoms with Gasteiger partial charge in [0, 0.05) is 6.20 Å². The standard InChI is InChI=1S/C12H19N3OSi/c1-15(2)12(10-13,16-17(3,4)5)11-8-6-7-9-14-11/h6-9H,1-5H3. The minimum absolute atomic E-state index is 0.634. The normalized spacial score (nSPS) is 15.4. The highest BCUT2D eigenvalue weighted by molar-refractivity contribution is 6.69. The second kappa shape index (κ2) is 4.96. The van der Waals surface area contributed by atoms with E-state index < -0.39 is 14.0 Å². The van der Waals surface area contributed by atoms with Gasteiger partial charge in [-0.3, -0.25) is 9.88 Å². The van der Waals surface area contributed by atoms with Gasteiger partial charge in [0.2, 0.25) is 5.72 Å². The van der Waals surface area contributed by atoms with Crippen LogP contribution in [-0.2, 0) is 10.2 Å². The zero-order chi connectivity index (χ0) is 13.1. The third-order valence-corrected chi connectivity index (χ3v) is 3.16. The van der Waals surface area contributed by atoms with Crippen LogP contribution in [0.5, 0.6) is 0 Å². The van der Waals surface area contributed by atoms with Gasteiger partial charge in [0.25, 0.3) is 0 Å². The zero-order valence-corrected chi connectivity index (χ0v) is 12.1. The van der Waals surface area contributed by atoms with E-state index >= 15 is 0 Å². The molecule has 5 heteroatoms. The van der Waals surface area contributed by atoms with Crippen LogP contribution in [0.1, 0.15) is 5.69 Å². The van der Waals surface area contributed by atoms with Gasteiger partial charge in [0.15, 0.2) is 8.32 Å². The maximum absolute atomic E-state index is 9.53. The van der Waals surface area contributed by atoms with Gasteiger partial charge in [-0.2, -0.15) is 5.26 Å². The minimum atomic E-state index is -1.86. The summed E-state index contributed by atoms with van der Waals surface area (Å²) in [5, 5.41) is 9.53. The summed E-state index contributed by atoms with van der Waals surface area (Å²) in [5.74, 6) is 0. The van der Waals surface area contributed by atoms with Crippen LogP contribution in [0, 0.1) is 11.3 Å². The molecule has 0 spiro atoms. The van der Waals surface area contributed by atoms with E-state index in [1.807, 2.05) is 32.3 Å². The molecule has 1 rings (SSSR count). The van der Waals surface area contributed by atoms with Crippen molar-refractivity contribution in [3.05, 3.63) is 30.1 Å². The van der Waals surface area contributed by atoms with Crippen molar-refractivity contribution >= 4 is 8.32 Å². The first kappa shape index (κ1) is 13.8. The predicted octanol–water partition coefficient (Wildman–Crippen LogP) is 2.17. The van der Waals surface area contributed by atoms with Gasteiger partial charge < -0.3 is 4.43 Å². The molecule has 1 aromatic rings. The number of rotatable bonds is 4. The molecule has 0 radical (unpaired) electrons. The molecule has 1 heterocycles. The number of nitriles is 1. The third-order valence-electron chi connectivity index (χ3n) is 2.25. The molecular weight excluding hydrogens is 230 g/mol. The second-order valence-corrected chi connectivity index (χ2v) is 9.51. The summed E-state index contributed by atoms with van der Waals surface area (Å²) in [6.07, 6.45) is 1.68. The molecule has 0 saturated heterocycles. The van der Waals surface area contributed by atoms with Crippen LogP contribution in [0.25, 0.3) is 0 Å². The molecule has 92 valence electrons. The number of pyridine rings is 1. The molecule has 1 atom stereocenters. The molecule has 0 amide bonds. The summed E-state index contributed by atoms with van der Waals surface area (Å²) >= 11 is 0. The van der Waals surface area contributed by atoms with Crippen LogP contribution in [-0.4, -0.2) is 32.3 Å². The van der Waals surface area contributed by atoms with Gasteiger partial charge in [0.05, 0.1) is 0 Å². The van der Waals surface area contributed by atoms with E-state index in [1.165, 1.54) is 0 Å². The quantitative estimate of drug-likeness (QED) is 0.606. The highest BCUT2D eigenvalue weighted by atomic mass is 28.4. The molecule has 1 unspecified atom stereocenters. The number of hydrogen-bond donors (Lipinski definition) is 0. The van der Waals surface area contributed by atoms with Gasteiger partial charge in [-0.15, -0.1) is 0 Å². The first-order valence-corrected chi connectivity index (χ1v) is 8.93. The molecular formula is C12H19N3OSi. The van der Waals surface area contributed by atoms with E-state index in [2.05, 4.69) is 30.7 Å². The lowest BCUT2D eigenvalue weighted by atomic mass is 10.1. The van der Waals surface area contributed by atoms with E-state index in [4.69, 9.17) is 4.43 Å². The van der Waals surface area contributed by atoms with Crippen molar-refractivity contribution in [2.75, 3.05) is 14.1 Å². The molecule has 0 aliphatic carbocycles. The van der Waals surface area contributed by atoms with Crippen LogP contribution in [0.2, 0.25) is 19.6 Å². The fraction of sp³-hybridized carbons (Fsp3) is 0.500. The molecule has 0 fully saturated rings. The third kappa shape index (κ3) is 3.13. The molecule has 0 N–H and O–H groups in total. The van der Waals surface area contributed by atoms with Crippen LogP contribution < -0.4 is 0 Å². The van der Waals surface area contributed by atoms with Crippen LogP contribution in [0.3, 0.4) is 0 Å². The average molecular weight is 249 g/mol. The first-order chi connectivity index (χ1) is 7.82. The van der Waals surface area contributed by atoms with Crippen LogP contribution >= 0.6 is 0 Å². The number of aromatic nitrogens is 1. The van der Waals surface area contributed by atoms with Crippen molar-refractivity contribution in [3.63, 3.8) is 0 Å². The topological polar surface area (TPSA) is 49.2 Å². The lowest BCUT2D eigenvalue weighted by Crippen LogP contribution is -2.49. The Bertz CT molecular complexity index is 408. The summed E-state index contributed by atoms with van der Waals surface area (Å²) < 4.78 is 6.06. The molecule has 0 aliphatic rings. The maximum atomic E-state index is 9.53. The highest BCUT2D eigenvalue weighted by Crippen LogP contribution is 2.29. The number of nitrogens with zero attached hydrogens (tertiary/aromatic N) is 3. The SMILES string of the molecule is CN(C)C(C#N)(O[Si](C)(C)C)c1ccccn1. The van der Waals surface area contributed by atoms with E-state index in [9.17, 15) is 5.26 Å². The van der Waals surface area contributed by atoms with Crippen molar-refractivity contribution in [2.45, 2.75) is 25.4 Å². The Morgan fingerprint density at radius 2 is 2.00 bits per heavy atom. The number of hydrogen-bond acceptors (Lipinski definition) is 4. The summed E-state index contributed by atoms with van der Waals surface area (Å²) in [7, 11) is 1.80. The largest absolute Gasteiger partial charge is 0.384 e. The molecule has 1 aromatic heterocycles. The lowest BCUT2D eigenvalue weighted by Gasteiger charge is -2.37. The lowest BCUT2D eigenvalue weighted by molar-refractivity contribution is -0.0216. The van der Waals surface area contributed by atoms with Crippen molar-refractivity contribution in [3.8, 4) is 6.07 Å². The minimum Gasteiger partial charge on any atom is -0.384 e. The van der Waals surface area contributed by atoms with Gasteiger partial charge >= 0.3 is 0 Å². The summed E-state index contributed by atoms with van der Waals surface area (Å²) in [6, 6.07) is 7.78. The van der Waals surface area contributed by atoms with Gasteiger partial charge in [-0.25, -0.2) is 0 Å². The van der Waals surface area contributed by atoms with Crippen molar-refractivity contribution in [1.29, 1.82) is 5.26 Å². The molecule has 0 aromatic carbocycles. The van der Waals surface area contributed by atoms with Gasteiger partial charge in [-0.05, 0) is 45.9 Å². The Kier molecular flexibility index (Phi) is 4.04. The monoisotopic (exact) mass is 249 g/mol. The Morgan fingerprint density at radius 3 is 2.35 bits per heavy atom. The van der Waals surface area contributed by atoms with Gasteiger partial charge in [0.1, 0.15) is 11.8 Å². The molecule has 0 bridgehead atoms. The molecule has 4 nitrogen and oxygen atoms in total. The summed E-state index contributed by atoms with van der Waals surface area (Å²) in [6.45, 7) is 6.18. The highest BCUT2D eigenvalue weighted by Gasteiger charge is 2.41. The van der Waals surface area contributed by atoms with E-state index in [-0.39, 0.29) is 0 Å². The van der Waals surface area contributed by atoms with E-state index in [1.54, 1.807) is 11.1 Å². The molecule has 17 heavy (non-hydrogen) atoms. The van der Waals surface area contributed by atoms with Gasteiger partial charge in [-0.1, -0.05) is 6.07 Å². The smallest absolute Gasteiger partial charge is 0.245 e. The van der Waals surface area contributed by atoms with Crippen molar-refractivity contribution in [2.24, 2.45) is 0 Å². The Hall–Kier alpha value is -1.22. The zero-order valence-electron chi connectivity index (χ0n) is 11.1. The fourth-order valence-corrected chi connectivity index (χ4v) is 2.78. The maximum Gasteiger partial charge on any atom is 0.245 e.